The van der Waals surface area contributed by atoms with Crippen LogP contribution < -0.4 is 4.74 Å². The van der Waals surface area contributed by atoms with E-state index in [-0.39, 0.29) is 24.2 Å². The SMILES string of the molecule is Cc1cc(Cl)cc(C)c1OCC(=O)OCC(=O)N(C)[C@@H]1CCS(=O)(=O)C1. The molecule has 1 aromatic rings. The number of benzene rings is 1. The fraction of sp³-hybridized carbons (Fsp3) is 0.529. The van der Waals surface area contributed by atoms with E-state index in [0.717, 1.165) is 11.1 Å². The van der Waals surface area contributed by atoms with Gasteiger partial charge in [-0.2, -0.15) is 0 Å². The van der Waals surface area contributed by atoms with Crippen LogP contribution in [-0.2, 0) is 24.2 Å². The van der Waals surface area contributed by atoms with Crippen LogP contribution in [-0.4, -0.2) is 63.0 Å². The van der Waals surface area contributed by atoms with Crippen LogP contribution in [0.25, 0.3) is 0 Å². The van der Waals surface area contributed by atoms with Crippen molar-refractivity contribution in [2.45, 2.75) is 26.3 Å². The van der Waals surface area contributed by atoms with Crippen LogP contribution in [0.1, 0.15) is 17.5 Å². The molecule has 1 atom stereocenters. The molecular formula is C17H22ClNO6S. The minimum Gasteiger partial charge on any atom is -0.481 e. The number of nitrogens with zero attached hydrogens (tertiary/aromatic N) is 1. The number of rotatable bonds is 6. The molecule has 1 aliphatic rings. The summed E-state index contributed by atoms with van der Waals surface area (Å²) in [6, 6.07) is 3.08. The van der Waals surface area contributed by atoms with E-state index in [1.165, 1.54) is 11.9 Å². The number of esters is 1. The van der Waals surface area contributed by atoms with Gasteiger partial charge in [-0.3, -0.25) is 4.79 Å². The van der Waals surface area contributed by atoms with Gasteiger partial charge in [0.05, 0.1) is 11.5 Å². The summed E-state index contributed by atoms with van der Waals surface area (Å²) in [5, 5.41) is 0.581. The average molecular weight is 404 g/mol. The third kappa shape index (κ3) is 5.35. The lowest BCUT2D eigenvalue weighted by Gasteiger charge is -2.23. The van der Waals surface area contributed by atoms with E-state index < -0.39 is 28.3 Å². The molecule has 0 unspecified atom stereocenters. The number of carbonyl (C=O) groups is 2. The molecule has 0 spiro atoms. The highest BCUT2D eigenvalue weighted by Crippen LogP contribution is 2.27. The molecule has 0 N–H and O–H groups in total. The molecule has 1 amide bonds. The molecule has 0 saturated carbocycles. The fourth-order valence-electron chi connectivity index (χ4n) is 2.83. The molecule has 0 radical (unpaired) electrons. The van der Waals surface area contributed by atoms with Crippen molar-refractivity contribution in [1.29, 1.82) is 0 Å². The molecule has 2 rings (SSSR count). The lowest BCUT2D eigenvalue weighted by molar-refractivity contribution is -0.153. The Hall–Kier alpha value is -1.80. The zero-order chi connectivity index (χ0) is 19.5. The van der Waals surface area contributed by atoms with Crippen LogP contribution in [0.5, 0.6) is 5.75 Å². The van der Waals surface area contributed by atoms with Gasteiger partial charge >= 0.3 is 5.97 Å². The lowest BCUT2D eigenvalue weighted by Crippen LogP contribution is -2.40. The van der Waals surface area contributed by atoms with E-state index in [4.69, 9.17) is 21.1 Å². The molecule has 1 saturated heterocycles. The van der Waals surface area contributed by atoms with Gasteiger partial charge in [0.1, 0.15) is 5.75 Å². The smallest absolute Gasteiger partial charge is 0.344 e. The summed E-state index contributed by atoms with van der Waals surface area (Å²) in [4.78, 5) is 25.2. The summed E-state index contributed by atoms with van der Waals surface area (Å²) in [5.41, 5.74) is 1.59. The highest BCUT2D eigenvalue weighted by atomic mass is 35.5. The molecule has 0 bridgehead atoms. The first-order valence-electron chi connectivity index (χ1n) is 8.10. The van der Waals surface area contributed by atoms with E-state index in [9.17, 15) is 18.0 Å². The summed E-state index contributed by atoms with van der Waals surface area (Å²) in [6.45, 7) is 2.84. The number of amides is 1. The Morgan fingerprint density at radius 1 is 1.23 bits per heavy atom. The van der Waals surface area contributed by atoms with Crippen LogP contribution in [0, 0.1) is 13.8 Å². The lowest BCUT2D eigenvalue weighted by atomic mass is 10.1. The largest absolute Gasteiger partial charge is 0.481 e. The van der Waals surface area contributed by atoms with Gasteiger partial charge in [0, 0.05) is 18.1 Å². The number of hydrogen-bond donors (Lipinski definition) is 0. The molecule has 1 aromatic carbocycles. The zero-order valence-corrected chi connectivity index (χ0v) is 16.5. The number of hydrogen-bond acceptors (Lipinski definition) is 6. The monoisotopic (exact) mass is 403 g/mol. The summed E-state index contributed by atoms with van der Waals surface area (Å²) < 4.78 is 33.4. The van der Waals surface area contributed by atoms with Crippen molar-refractivity contribution >= 4 is 33.3 Å². The highest BCUT2D eigenvalue weighted by molar-refractivity contribution is 7.91. The number of ether oxygens (including phenoxy) is 2. The van der Waals surface area contributed by atoms with E-state index >= 15 is 0 Å². The average Bonchev–Trinajstić information content (AvgIpc) is 2.90. The number of carbonyl (C=O) groups excluding carboxylic acids is 2. The van der Waals surface area contributed by atoms with Crippen molar-refractivity contribution in [1.82, 2.24) is 4.90 Å². The van der Waals surface area contributed by atoms with Crippen molar-refractivity contribution in [3.63, 3.8) is 0 Å². The van der Waals surface area contributed by atoms with Crippen molar-refractivity contribution < 1.29 is 27.5 Å². The predicted octanol–water partition coefficient (Wildman–Crippen LogP) is 1.52. The van der Waals surface area contributed by atoms with E-state index in [1.807, 2.05) is 13.8 Å². The standard InChI is InChI=1S/C17H22ClNO6S/c1-11-6-13(18)7-12(2)17(11)25-9-16(21)24-8-15(20)19(3)14-4-5-26(22,23)10-14/h6-7,14H,4-5,8-10H2,1-3H3/t14-/m1/s1. The normalized spacial score (nSPS) is 18.4. The molecule has 0 aliphatic carbocycles. The number of sulfone groups is 1. The summed E-state index contributed by atoms with van der Waals surface area (Å²) in [5.74, 6) is -0.561. The fourth-order valence-corrected chi connectivity index (χ4v) is 4.93. The Labute approximate surface area is 158 Å². The maximum absolute atomic E-state index is 12.1. The second-order valence-corrected chi connectivity index (χ2v) is 9.04. The molecule has 1 aliphatic heterocycles. The second kappa shape index (κ2) is 8.26. The van der Waals surface area contributed by atoms with E-state index in [2.05, 4.69) is 0 Å². The number of halogens is 1. The Balaban J connectivity index is 1.81. The van der Waals surface area contributed by atoms with Crippen molar-refractivity contribution in [2.75, 3.05) is 31.8 Å². The quantitative estimate of drug-likeness (QED) is 0.669. The van der Waals surface area contributed by atoms with Crippen LogP contribution >= 0.6 is 11.6 Å². The topological polar surface area (TPSA) is 90.0 Å². The van der Waals surface area contributed by atoms with Crippen LogP contribution in [0.3, 0.4) is 0 Å². The Kier molecular flexibility index (Phi) is 6.52. The minimum atomic E-state index is -3.09. The first kappa shape index (κ1) is 20.5. The van der Waals surface area contributed by atoms with Gasteiger partial charge in [-0.1, -0.05) is 11.6 Å². The first-order valence-corrected chi connectivity index (χ1v) is 10.3. The van der Waals surface area contributed by atoms with E-state index in [1.54, 1.807) is 12.1 Å². The molecular weight excluding hydrogens is 382 g/mol. The third-order valence-electron chi connectivity index (χ3n) is 4.27. The van der Waals surface area contributed by atoms with Gasteiger partial charge in [0.2, 0.25) is 0 Å². The van der Waals surface area contributed by atoms with E-state index in [0.29, 0.717) is 17.2 Å². The van der Waals surface area contributed by atoms with Gasteiger partial charge in [0.25, 0.3) is 5.91 Å². The van der Waals surface area contributed by atoms with Crippen LogP contribution in [0.2, 0.25) is 5.02 Å². The molecule has 9 heteroatoms. The van der Waals surface area contributed by atoms with Gasteiger partial charge in [0.15, 0.2) is 23.1 Å². The minimum absolute atomic E-state index is 0.0541. The third-order valence-corrected chi connectivity index (χ3v) is 6.23. The van der Waals surface area contributed by atoms with Crippen LogP contribution in [0.4, 0.5) is 0 Å². The van der Waals surface area contributed by atoms with Gasteiger partial charge in [-0.05, 0) is 43.5 Å². The molecule has 0 aromatic heterocycles. The molecule has 144 valence electrons. The second-order valence-electron chi connectivity index (χ2n) is 6.38. The molecule has 1 fully saturated rings. The molecule has 26 heavy (non-hydrogen) atoms. The number of likely N-dealkylation sites (N-methyl/N-ethyl adjacent to an activating group) is 1. The molecule has 7 nitrogen and oxygen atoms in total. The maximum atomic E-state index is 12.1. The first-order chi connectivity index (χ1) is 12.1. The van der Waals surface area contributed by atoms with Crippen molar-refractivity contribution in [3.8, 4) is 5.75 Å². The Bertz CT molecular complexity index is 784. The van der Waals surface area contributed by atoms with Crippen molar-refractivity contribution in [3.05, 3.63) is 28.3 Å². The van der Waals surface area contributed by atoms with Crippen molar-refractivity contribution in [2.24, 2.45) is 0 Å². The Morgan fingerprint density at radius 3 is 2.38 bits per heavy atom. The van der Waals surface area contributed by atoms with Crippen LogP contribution in [0.15, 0.2) is 12.1 Å². The maximum Gasteiger partial charge on any atom is 0.344 e. The van der Waals surface area contributed by atoms with Gasteiger partial charge in [-0.15, -0.1) is 0 Å². The number of aryl methyl sites for hydroxylation is 2. The Morgan fingerprint density at radius 2 is 1.85 bits per heavy atom. The summed E-state index contributed by atoms with van der Waals surface area (Å²) in [7, 11) is -1.57. The highest BCUT2D eigenvalue weighted by Gasteiger charge is 2.32. The molecule has 1 heterocycles. The van der Waals surface area contributed by atoms with Gasteiger partial charge < -0.3 is 14.4 Å². The summed E-state index contributed by atoms with van der Waals surface area (Å²) >= 11 is 5.94. The zero-order valence-electron chi connectivity index (χ0n) is 15.0. The summed E-state index contributed by atoms with van der Waals surface area (Å²) in [6.07, 6.45) is 0.400. The predicted molar refractivity (Wildman–Crippen MR) is 97.2 cm³/mol. The van der Waals surface area contributed by atoms with Gasteiger partial charge in [-0.25, -0.2) is 13.2 Å².